The van der Waals surface area contributed by atoms with Crippen LogP contribution in [0, 0.1) is 0 Å². The van der Waals surface area contributed by atoms with Crippen LogP contribution in [0.15, 0.2) is 78.9 Å². The van der Waals surface area contributed by atoms with E-state index in [4.69, 9.17) is 0 Å². The van der Waals surface area contributed by atoms with Crippen molar-refractivity contribution in [3.63, 3.8) is 0 Å². The zero-order valence-electron chi connectivity index (χ0n) is 22.2. The van der Waals surface area contributed by atoms with Gasteiger partial charge >= 0.3 is 231 Å². The molecule has 0 spiro atoms. The third-order valence-electron chi connectivity index (χ3n) is 8.05. The number of benzene rings is 4. The first-order valence-corrected chi connectivity index (χ1v) is 14.9. The first-order valence-electron chi connectivity index (χ1n) is 13.7. The van der Waals surface area contributed by atoms with Crippen LogP contribution in [0.2, 0.25) is 0 Å². The molecule has 0 amide bonds. The summed E-state index contributed by atoms with van der Waals surface area (Å²) in [5.41, 5.74) is 9.11. The third-order valence-corrected chi connectivity index (χ3v) is 9.32. The molecule has 0 aliphatic heterocycles. The fourth-order valence-electron chi connectivity index (χ4n) is 6.30. The molecule has 0 aromatic heterocycles. The van der Waals surface area contributed by atoms with Crippen molar-refractivity contribution < 1.29 is 49.5 Å². The normalized spacial score (nSPS) is 13.3. The van der Waals surface area contributed by atoms with Gasteiger partial charge in [-0.2, -0.15) is 0 Å². The van der Waals surface area contributed by atoms with Gasteiger partial charge in [0.2, 0.25) is 0 Å². The quantitative estimate of drug-likeness (QED) is 0.281. The van der Waals surface area contributed by atoms with Crippen molar-refractivity contribution in [3.05, 3.63) is 100 Å². The molecule has 3 heteroatoms. The molecule has 0 saturated carbocycles. The Morgan fingerprint density at radius 3 is 1.82 bits per heavy atom. The average molecular weight is 616 g/mol. The van der Waals surface area contributed by atoms with Gasteiger partial charge in [0.1, 0.15) is 0 Å². The largest absolute Gasteiger partial charge is 1.00 e. The fraction of sp³-hybridized carbons (Fsp3) is 0.257. The number of hydrogen-bond acceptors (Lipinski definition) is 0. The molecule has 38 heavy (non-hydrogen) atoms. The Balaban J connectivity index is 0.00000168. The van der Waals surface area contributed by atoms with E-state index in [1.807, 2.05) is 0 Å². The fourth-order valence-corrected chi connectivity index (χ4v) is 7.45. The maximum Gasteiger partial charge on any atom is -1.00 e. The molecule has 0 fully saturated rings. The summed E-state index contributed by atoms with van der Waals surface area (Å²) in [6, 6.07) is 23.1. The van der Waals surface area contributed by atoms with E-state index in [0.29, 0.717) is 0 Å². The molecule has 6 rings (SSSR count). The monoisotopic (exact) mass is 613 g/mol. The zero-order valence-corrected chi connectivity index (χ0v) is 26.2. The molecule has 2 aliphatic carbocycles. The number of halogens is 2. The number of allylic oxidation sites excluding steroid dienone is 4. The summed E-state index contributed by atoms with van der Waals surface area (Å²) in [6.45, 7) is 4.64. The molecule has 0 unspecified atom stereocenters. The van der Waals surface area contributed by atoms with Gasteiger partial charge in [-0.1, -0.05) is 0 Å². The number of hydrogen-bond donors (Lipinski definition) is 0. The van der Waals surface area contributed by atoms with Gasteiger partial charge in [-0.3, -0.25) is 0 Å². The van der Waals surface area contributed by atoms with Gasteiger partial charge in [0, 0.05) is 0 Å². The first kappa shape index (κ1) is 29.1. The second-order valence-electron chi connectivity index (χ2n) is 10.3. The summed E-state index contributed by atoms with van der Waals surface area (Å²) in [5, 5.41) is 8.53. The summed E-state index contributed by atoms with van der Waals surface area (Å²) in [7, 11) is 0. The minimum absolute atomic E-state index is 0. The number of fused-ring (bicyclic) bond motifs is 8. The van der Waals surface area contributed by atoms with E-state index in [-0.39, 0.29) is 24.8 Å². The molecule has 0 bridgehead atoms. The summed E-state index contributed by atoms with van der Waals surface area (Å²) in [5.74, 6) is 0. The minimum Gasteiger partial charge on any atom is -1.00 e. The van der Waals surface area contributed by atoms with Crippen molar-refractivity contribution in [2.45, 2.75) is 58.8 Å². The minimum atomic E-state index is 0. The van der Waals surface area contributed by atoms with Crippen LogP contribution in [0.4, 0.5) is 0 Å². The molecule has 2 aliphatic rings. The summed E-state index contributed by atoms with van der Waals surface area (Å²) in [6.07, 6.45) is 15.4. The summed E-state index contributed by atoms with van der Waals surface area (Å²) < 4.78 is 1.51. The van der Waals surface area contributed by atoms with Crippen molar-refractivity contribution in [2.24, 2.45) is 0 Å². The standard InChI is InChI=1S/C35H33.2ClH.Zr/c1-3-5-13-24(14-6-4-2)27-22-21-26-23-32-30-19-10-9-17-28(30)29-18-11-12-20-31(29)35(32)34(26)33(27)25-15-7-8-16-25;;;/h7-12,15,17-22H,3-6,13-14,16H2,1-2H3;2*1H;/q;;;+2/p-2. The van der Waals surface area contributed by atoms with E-state index < -0.39 is 0 Å². The van der Waals surface area contributed by atoms with Crippen molar-refractivity contribution in [1.29, 1.82) is 0 Å². The zero-order chi connectivity index (χ0) is 24.6. The maximum absolute atomic E-state index is 2.48. The van der Waals surface area contributed by atoms with Crippen molar-refractivity contribution in [1.82, 2.24) is 0 Å². The van der Waals surface area contributed by atoms with E-state index in [1.165, 1.54) is 126 Å². The average Bonchev–Trinajstić information content (AvgIpc) is 3.56. The van der Waals surface area contributed by atoms with E-state index in [9.17, 15) is 0 Å². The van der Waals surface area contributed by atoms with Gasteiger partial charge in [0.15, 0.2) is 0 Å². The van der Waals surface area contributed by atoms with Crippen LogP contribution >= 0.6 is 0 Å². The number of unbranched alkanes of at least 4 members (excludes halogenated alkanes) is 2. The van der Waals surface area contributed by atoms with Gasteiger partial charge in [0.25, 0.3) is 0 Å². The van der Waals surface area contributed by atoms with Crippen molar-refractivity contribution in [2.75, 3.05) is 0 Å². The predicted molar refractivity (Wildman–Crippen MR) is 153 cm³/mol. The summed E-state index contributed by atoms with van der Waals surface area (Å²) in [4.78, 5) is 0. The Hall–Kier alpha value is -1.92. The van der Waals surface area contributed by atoms with Crippen LogP contribution in [-0.4, -0.2) is 0 Å². The molecule has 191 valence electrons. The Kier molecular flexibility index (Phi) is 9.57. The van der Waals surface area contributed by atoms with Gasteiger partial charge in [-0.15, -0.1) is 0 Å². The molecular formula is C35H33Cl2Zr. The van der Waals surface area contributed by atoms with Gasteiger partial charge in [0.05, 0.1) is 0 Å². The Morgan fingerprint density at radius 1 is 0.684 bits per heavy atom. The van der Waals surface area contributed by atoms with Gasteiger partial charge in [-0.25, -0.2) is 0 Å². The smallest absolute Gasteiger partial charge is 1.00 e. The second kappa shape index (κ2) is 12.5. The predicted octanol–water partition coefficient (Wildman–Crippen LogP) is 2.56. The second-order valence-corrected chi connectivity index (χ2v) is 11.5. The molecule has 0 radical (unpaired) electrons. The van der Waals surface area contributed by atoms with E-state index in [1.54, 1.807) is 5.57 Å². The Labute approximate surface area is 254 Å². The van der Waals surface area contributed by atoms with E-state index >= 15 is 0 Å². The third kappa shape index (κ3) is 4.81. The van der Waals surface area contributed by atoms with Gasteiger partial charge < -0.3 is 24.8 Å². The van der Waals surface area contributed by atoms with Crippen LogP contribution in [-0.2, 0) is 24.7 Å². The van der Waals surface area contributed by atoms with E-state index in [0.717, 1.165) is 6.42 Å². The topological polar surface area (TPSA) is 0 Å². The Morgan fingerprint density at radius 2 is 1.26 bits per heavy atom. The maximum atomic E-state index is 2.48. The van der Waals surface area contributed by atoms with Gasteiger partial charge in [-0.05, 0) is 0 Å². The molecule has 4 aromatic rings. The molecule has 0 nitrogen and oxygen atoms in total. The van der Waals surface area contributed by atoms with Crippen LogP contribution in [0.5, 0.6) is 0 Å². The van der Waals surface area contributed by atoms with Crippen molar-refractivity contribution >= 4 is 36.0 Å². The van der Waals surface area contributed by atoms with Crippen LogP contribution in [0.25, 0.3) is 47.1 Å². The molecule has 0 atom stereocenters. The van der Waals surface area contributed by atoms with Crippen LogP contribution in [0.1, 0.15) is 69.9 Å². The molecule has 0 heterocycles. The van der Waals surface area contributed by atoms with Crippen molar-refractivity contribution in [3.8, 4) is 11.1 Å². The van der Waals surface area contributed by atoms with E-state index in [2.05, 4.69) is 92.7 Å². The molecular weight excluding hydrogens is 583 g/mol. The number of rotatable bonds is 7. The first-order chi connectivity index (χ1) is 17.7. The SMILES string of the molecule is CCCCC(CCCC)=c1ccc2c(c1C1=CC=CC1)-c1c(c3ccccc3c3ccccc13)[C]=2[Zr+2].[Cl-].[Cl-]. The summed E-state index contributed by atoms with van der Waals surface area (Å²) >= 11 is 1.50. The molecule has 0 N–H and O–H groups in total. The molecule has 0 saturated heterocycles. The van der Waals surface area contributed by atoms with Crippen LogP contribution in [0.3, 0.4) is 0 Å². The molecule has 4 aromatic carbocycles. The van der Waals surface area contributed by atoms with Crippen LogP contribution < -0.4 is 35.3 Å². The Bertz CT molecular complexity index is 1680.